The molecule has 0 saturated carbocycles. The lowest BCUT2D eigenvalue weighted by atomic mass is 10.1. The van der Waals surface area contributed by atoms with E-state index in [9.17, 15) is 0 Å². The van der Waals surface area contributed by atoms with Crippen LogP contribution >= 0.6 is 0 Å². The zero-order chi connectivity index (χ0) is 12.8. The Balaban J connectivity index is 3.52. The molecule has 0 aliphatic rings. The number of ether oxygens (including phenoxy) is 2. The van der Waals surface area contributed by atoms with Gasteiger partial charge in [0.1, 0.15) is 19.0 Å². The largest absolute Gasteiger partial charge is 0.495 e. The third-order valence-corrected chi connectivity index (χ3v) is 1.73. The van der Waals surface area contributed by atoms with Crippen molar-refractivity contribution < 1.29 is 9.47 Å². The summed E-state index contributed by atoms with van der Waals surface area (Å²) < 4.78 is 11.0. The molecule has 0 aromatic carbocycles. The van der Waals surface area contributed by atoms with E-state index in [1.807, 2.05) is 20.8 Å². The molecule has 0 fully saturated rings. The van der Waals surface area contributed by atoms with E-state index in [0.29, 0.717) is 19.0 Å². The lowest BCUT2D eigenvalue weighted by Gasteiger charge is -2.22. The van der Waals surface area contributed by atoms with E-state index in [2.05, 4.69) is 32.7 Å². The summed E-state index contributed by atoms with van der Waals surface area (Å²) in [7, 11) is 0. The van der Waals surface area contributed by atoms with E-state index in [4.69, 9.17) is 9.47 Å². The smallest absolute Gasteiger partial charge is 0.115 e. The van der Waals surface area contributed by atoms with E-state index in [0.717, 1.165) is 6.54 Å². The highest BCUT2D eigenvalue weighted by molar-refractivity contribution is 4.83. The van der Waals surface area contributed by atoms with Gasteiger partial charge in [0.05, 0.1) is 5.60 Å². The average molecular weight is 229 g/mol. The van der Waals surface area contributed by atoms with Gasteiger partial charge in [0.2, 0.25) is 0 Å². The molecule has 96 valence electrons. The van der Waals surface area contributed by atoms with Crippen molar-refractivity contribution >= 4 is 0 Å². The molecule has 0 atom stereocenters. The highest BCUT2D eigenvalue weighted by Crippen LogP contribution is 2.08. The summed E-state index contributed by atoms with van der Waals surface area (Å²) in [5.74, 6) is 0.686. The Morgan fingerprint density at radius 2 is 1.69 bits per heavy atom. The second-order valence-electron chi connectivity index (χ2n) is 5.96. The lowest BCUT2D eigenvalue weighted by Crippen LogP contribution is -2.38. The topological polar surface area (TPSA) is 30.5 Å². The second kappa shape index (κ2) is 6.26. The monoisotopic (exact) mass is 229 g/mol. The zero-order valence-corrected chi connectivity index (χ0v) is 11.6. The maximum Gasteiger partial charge on any atom is 0.115 e. The Hall–Kier alpha value is -0.540. The van der Waals surface area contributed by atoms with Crippen LogP contribution in [0.4, 0.5) is 0 Å². The number of hydrogen-bond acceptors (Lipinski definition) is 3. The maximum absolute atomic E-state index is 5.54. The fourth-order valence-corrected chi connectivity index (χ4v) is 0.960. The molecule has 0 aliphatic heterocycles. The predicted molar refractivity (Wildman–Crippen MR) is 68.6 cm³/mol. The van der Waals surface area contributed by atoms with Crippen molar-refractivity contribution in [3.8, 4) is 0 Å². The van der Waals surface area contributed by atoms with Crippen molar-refractivity contribution in [1.82, 2.24) is 5.32 Å². The molecule has 0 aromatic rings. The van der Waals surface area contributed by atoms with Gasteiger partial charge in [-0.15, -0.1) is 0 Å². The molecule has 0 saturated heterocycles. The third kappa shape index (κ3) is 11.5. The number of nitrogens with one attached hydrogen (secondary N) is 1. The Kier molecular flexibility index (Phi) is 6.05. The highest BCUT2D eigenvalue weighted by atomic mass is 16.5. The Morgan fingerprint density at radius 3 is 2.12 bits per heavy atom. The highest BCUT2D eigenvalue weighted by Gasteiger charge is 2.11. The van der Waals surface area contributed by atoms with Crippen LogP contribution in [-0.2, 0) is 9.47 Å². The van der Waals surface area contributed by atoms with Gasteiger partial charge in [0.15, 0.2) is 0 Å². The quantitative estimate of drug-likeness (QED) is 0.561. The van der Waals surface area contributed by atoms with E-state index in [1.165, 1.54) is 0 Å². The summed E-state index contributed by atoms with van der Waals surface area (Å²) in [6, 6.07) is 0. The van der Waals surface area contributed by atoms with Gasteiger partial charge in [0, 0.05) is 12.1 Å². The van der Waals surface area contributed by atoms with Crippen LogP contribution in [-0.4, -0.2) is 30.9 Å². The predicted octanol–water partition coefficient (Wildman–Crippen LogP) is 2.72. The van der Waals surface area contributed by atoms with E-state index < -0.39 is 0 Å². The van der Waals surface area contributed by atoms with Crippen molar-refractivity contribution in [1.29, 1.82) is 0 Å². The Bertz CT molecular complexity index is 211. The van der Waals surface area contributed by atoms with E-state index in [1.54, 1.807) is 0 Å². The molecule has 16 heavy (non-hydrogen) atoms. The third-order valence-electron chi connectivity index (χ3n) is 1.73. The first-order chi connectivity index (χ1) is 7.10. The minimum atomic E-state index is -0.143. The molecule has 1 N–H and O–H groups in total. The molecule has 0 unspecified atom stereocenters. The fraction of sp³-hybridized carbons (Fsp3) is 0.846. The van der Waals surface area contributed by atoms with Gasteiger partial charge in [-0.3, -0.25) is 0 Å². The van der Waals surface area contributed by atoms with Crippen molar-refractivity contribution in [2.75, 3.05) is 19.8 Å². The SMILES string of the molecule is C=C(COC(C)(C)C)OCCNC(C)(C)C. The molecule has 0 bridgehead atoms. The van der Waals surface area contributed by atoms with Crippen molar-refractivity contribution in [3.63, 3.8) is 0 Å². The van der Waals surface area contributed by atoms with Crippen LogP contribution in [0.3, 0.4) is 0 Å². The zero-order valence-electron chi connectivity index (χ0n) is 11.6. The first-order valence-electron chi connectivity index (χ1n) is 5.80. The molecule has 0 aliphatic carbocycles. The van der Waals surface area contributed by atoms with Gasteiger partial charge in [-0.05, 0) is 41.5 Å². The molecular formula is C13H27NO2. The van der Waals surface area contributed by atoms with Crippen LogP contribution in [0.25, 0.3) is 0 Å². The molecule has 0 amide bonds. The van der Waals surface area contributed by atoms with Gasteiger partial charge in [0.25, 0.3) is 0 Å². The first kappa shape index (κ1) is 15.5. The molecular weight excluding hydrogens is 202 g/mol. The maximum atomic E-state index is 5.54. The first-order valence-corrected chi connectivity index (χ1v) is 5.80. The summed E-state index contributed by atoms with van der Waals surface area (Å²) in [5.41, 5.74) is -0.0113. The summed E-state index contributed by atoms with van der Waals surface area (Å²) in [6.45, 7) is 18.2. The van der Waals surface area contributed by atoms with Crippen LogP contribution < -0.4 is 5.32 Å². The van der Waals surface area contributed by atoms with E-state index >= 15 is 0 Å². The lowest BCUT2D eigenvalue weighted by molar-refractivity contribution is -0.00925. The second-order valence-corrected chi connectivity index (χ2v) is 5.96. The van der Waals surface area contributed by atoms with Crippen LogP contribution in [0.1, 0.15) is 41.5 Å². The molecule has 0 rings (SSSR count). The van der Waals surface area contributed by atoms with Crippen molar-refractivity contribution in [2.45, 2.75) is 52.7 Å². The van der Waals surface area contributed by atoms with Crippen LogP contribution in [0.2, 0.25) is 0 Å². The summed E-state index contributed by atoms with van der Waals surface area (Å²) in [6.07, 6.45) is 0. The Labute approximate surface area is 100 Å². The summed E-state index contributed by atoms with van der Waals surface area (Å²) >= 11 is 0. The van der Waals surface area contributed by atoms with Crippen molar-refractivity contribution in [2.24, 2.45) is 0 Å². The van der Waals surface area contributed by atoms with Gasteiger partial charge in [-0.2, -0.15) is 0 Å². The Morgan fingerprint density at radius 1 is 1.12 bits per heavy atom. The van der Waals surface area contributed by atoms with Gasteiger partial charge in [-0.25, -0.2) is 0 Å². The number of rotatable bonds is 6. The van der Waals surface area contributed by atoms with Gasteiger partial charge in [-0.1, -0.05) is 6.58 Å². The standard InChI is InChI=1S/C13H27NO2/c1-11(10-16-13(5,6)7)15-9-8-14-12(2,3)4/h14H,1,8-10H2,2-7H3. The molecule has 0 aromatic heterocycles. The summed E-state index contributed by atoms with van der Waals surface area (Å²) in [4.78, 5) is 0. The van der Waals surface area contributed by atoms with Crippen molar-refractivity contribution in [3.05, 3.63) is 12.3 Å². The molecule has 3 heteroatoms. The van der Waals surface area contributed by atoms with Crippen LogP contribution in [0.15, 0.2) is 12.3 Å². The van der Waals surface area contributed by atoms with Gasteiger partial charge < -0.3 is 14.8 Å². The minimum Gasteiger partial charge on any atom is -0.495 e. The normalized spacial score (nSPS) is 12.6. The van der Waals surface area contributed by atoms with Crippen LogP contribution in [0, 0.1) is 0 Å². The molecule has 0 heterocycles. The average Bonchev–Trinajstić information content (AvgIpc) is 2.06. The number of hydrogen-bond donors (Lipinski definition) is 1. The van der Waals surface area contributed by atoms with Gasteiger partial charge >= 0.3 is 0 Å². The fourth-order valence-electron chi connectivity index (χ4n) is 0.960. The summed E-state index contributed by atoms with van der Waals surface area (Å²) in [5, 5.41) is 3.34. The molecule has 3 nitrogen and oxygen atoms in total. The molecule has 0 radical (unpaired) electrons. The molecule has 0 spiro atoms. The van der Waals surface area contributed by atoms with E-state index in [-0.39, 0.29) is 11.1 Å². The minimum absolute atomic E-state index is 0.132. The van der Waals surface area contributed by atoms with Crippen LogP contribution in [0.5, 0.6) is 0 Å².